The molecule has 0 bridgehead atoms. The van der Waals surface area contributed by atoms with Crippen molar-refractivity contribution in [1.82, 2.24) is 9.29 Å². The molecule has 96 valence electrons. The van der Waals surface area contributed by atoms with Gasteiger partial charge >= 0.3 is 0 Å². The van der Waals surface area contributed by atoms with Crippen molar-refractivity contribution in [2.45, 2.75) is 43.4 Å². The van der Waals surface area contributed by atoms with Crippen LogP contribution in [0.25, 0.3) is 0 Å². The predicted molar refractivity (Wildman–Crippen MR) is 64.0 cm³/mol. The molecule has 2 heterocycles. The third-order valence-corrected chi connectivity index (χ3v) is 5.48. The molecular weight excluding hydrogens is 240 g/mol. The molecular formula is C11H18N2O3S. The Morgan fingerprint density at radius 1 is 1.53 bits per heavy atom. The zero-order valence-electron chi connectivity index (χ0n) is 10.0. The lowest BCUT2D eigenvalue weighted by atomic mass is 9.90. The fourth-order valence-corrected chi connectivity index (χ4v) is 4.07. The van der Waals surface area contributed by atoms with Gasteiger partial charge in [-0.25, -0.2) is 8.42 Å². The Balaban J connectivity index is 2.40. The summed E-state index contributed by atoms with van der Waals surface area (Å²) in [4.78, 5) is 2.72. The van der Waals surface area contributed by atoms with Crippen molar-refractivity contribution in [2.75, 3.05) is 6.54 Å². The quantitative estimate of drug-likeness (QED) is 0.829. The summed E-state index contributed by atoms with van der Waals surface area (Å²) in [6.45, 7) is 3.97. The van der Waals surface area contributed by atoms with Gasteiger partial charge in [-0.2, -0.15) is 4.31 Å². The molecule has 1 unspecified atom stereocenters. The molecule has 0 saturated carbocycles. The van der Waals surface area contributed by atoms with Gasteiger partial charge in [-0.1, -0.05) is 0 Å². The topological polar surface area (TPSA) is 73.4 Å². The molecule has 2 N–H and O–H groups in total. The summed E-state index contributed by atoms with van der Waals surface area (Å²) in [5.41, 5.74) is -0.762. The Kier molecular flexibility index (Phi) is 3.05. The van der Waals surface area contributed by atoms with Gasteiger partial charge in [-0.15, -0.1) is 0 Å². The van der Waals surface area contributed by atoms with Crippen LogP contribution in [0.15, 0.2) is 23.4 Å². The minimum Gasteiger partial charge on any atom is -0.391 e. The van der Waals surface area contributed by atoms with E-state index in [-0.39, 0.29) is 5.03 Å². The second kappa shape index (κ2) is 4.12. The average Bonchev–Trinajstić information content (AvgIpc) is 2.75. The van der Waals surface area contributed by atoms with Gasteiger partial charge in [0.15, 0.2) is 0 Å². The fourth-order valence-electron chi connectivity index (χ4n) is 2.26. The third-order valence-electron chi connectivity index (χ3n) is 3.43. The first-order valence-electron chi connectivity index (χ1n) is 5.71. The van der Waals surface area contributed by atoms with E-state index in [2.05, 4.69) is 4.98 Å². The van der Waals surface area contributed by atoms with Crippen molar-refractivity contribution in [3.05, 3.63) is 18.3 Å². The number of nitrogens with one attached hydrogen (secondary N) is 1. The first kappa shape index (κ1) is 12.6. The lowest BCUT2D eigenvalue weighted by Crippen LogP contribution is -2.58. The Morgan fingerprint density at radius 3 is 2.82 bits per heavy atom. The van der Waals surface area contributed by atoms with E-state index in [1.807, 2.05) is 0 Å². The number of aliphatic hydroxyl groups is 1. The van der Waals surface area contributed by atoms with Gasteiger partial charge in [0, 0.05) is 12.7 Å². The van der Waals surface area contributed by atoms with Gasteiger partial charge in [0.1, 0.15) is 5.03 Å². The van der Waals surface area contributed by atoms with Crippen molar-refractivity contribution < 1.29 is 13.5 Å². The van der Waals surface area contributed by atoms with Gasteiger partial charge in [0.2, 0.25) is 0 Å². The summed E-state index contributed by atoms with van der Waals surface area (Å²) >= 11 is 0. The monoisotopic (exact) mass is 258 g/mol. The highest BCUT2D eigenvalue weighted by molar-refractivity contribution is 7.89. The van der Waals surface area contributed by atoms with E-state index in [4.69, 9.17) is 0 Å². The Bertz CT molecular complexity index is 479. The van der Waals surface area contributed by atoms with E-state index in [0.29, 0.717) is 19.4 Å². The SMILES string of the molecule is CC1(C)C(O)CCCN1S(=O)(=O)c1ccc[nH]1. The molecule has 1 fully saturated rings. The van der Waals surface area contributed by atoms with Crippen molar-refractivity contribution in [1.29, 1.82) is 0 Å². The number of aromatic amines is 1. The molecule has 1 atom stereocenters. The van der Waals surface area contributed by atoms with Crippen LogP contribution >= 0.6 is 0 Å². The van der Waals surface area contributed by atoms with Crippen molar-refractivity contribution in [2.24, 2.45) is 0 Å². The largest absolute Gasteiger partial charge is 0.391 e. The van der Waals surface area contributed by atoms with Crippen LogP contribution in [-0.4, -0.2) is 41.0 Å². The molecule has 0 aromatic carbocycles. The van der Waals surface area contributed by atoms with E-state index in [0.717, 1.165) is 0 Å². The van der Waals surface area contributed by atoms with Crippen LogP contribution in [0.4, 0.5) is 0 Å². The van der Waals surface area contributed by atoms with Gasteiger partial charge in [-0.05, 0) is 38.8 Å². The highest BCUT2D eigenvalue weighted by atomic mass is 32.2. The lowest BCUT2D eigenvalue weighted by Gasteiger charge is -2.44. The van der Waals surface area contributed by atoms with Crippen LogP contribution in [0.3, 0.4) is 0 Å². The molecule has 1 aliphatic rings. The summed E-state index contributed by atoms with van der Waals surface area (Å²) < 4.78 is 26.2. The van der Waals surface area contributed by atoms with Crippen LogP contribution in [0.1, 0.15) is 26.7 Å². The van der Waals surface area contributed by atoms with Crippen molar-refractivity contribution in [3.63, 3.8) is 0 Å². The highest BCUT2D eigenvalue weighted by Gasteiger charge is 2.44. The van der Waals surface area contributed by atoms with Crippen molar-refractivity contribution >= 4 is 10.0 Å². The molecule has 0 aliphatic carbocycles. The standard InChI is InChI=1S/C11H18N2O3S/c1-11(2)9(14)5-4-8-13(11)17(15,16)10-6-3-7-12-10/h3,6-7,9,12,14H,4-5,8H2,1-2H3. The molecule has 1 saturated heterocycles. The van der Waals surface area contributed by atoms with Gasteiger partial charge < -0.3 is 10.1 Å². The highest BCUT2D eigenvalue weighted by Crippen LogP contribution is 2.32. The van der Waals surface area contributed by atoms with Crippen LogP contribution < -0.4 is 0 Å². The number of piperidine rings is 1. The maximum Gasteiger partial charge on any atom is 0.259 e. The number of aliphatic hydroxyl groups excluding tert-OH is 1. The van der Waals surface area contributed by atoms with Crippen LogP contribution in [0, 0.1) is 0 Å². The minimum atomic E-state index is -3.54. The second-order valence-electron chi connectivity index (χ2n) is 4.92. The van der Waals surface area contributed by atoms with Crippen LogP contribution in [0.5, 0.6) is 0 Å². The summed E-state index contributed by atoms with van der Waals surface area (Å²) in [6, 6.07) is 3.19. The number of H-pyrrole nitrogens is 1. The number of nitrogens with zero attached hydrogens (tertiary/aromatic N) is 1. The normalized spacial score (nSPS) is 25.9. The number of rotatable bonds is 2. The summed E-state index contributed by atoms with van der Waals surface area (Å²) in [5, 5.41) is 10.1. The molecule has 1 aromatic heterocycles. The minimum absolute atomic E-state index is 0.180. The molecule has 1 aromatic rings. The number of hydrogen-bond acceptors (Lipinski definition) is 3. The molecule has 0 spiro atoms. The van der Waals surface area contributed by atoms with Gasteiger partial charge in [0.05, 0.1) is 11.6 Å². The summed E-state index contributed by atoms with van der Waals surface area (Å²) in [6.07, 6.45) is 2.29. The maximum atomic E-state index is 12.4. The molecule has 0 radical (unpaired) electrons. The van der Waals surface area contributed by atoms with E-state index in [1.165, 1.54) is 10.4 Å². The molecule has 17 heavy (non-hydrogen) atoms. The average molecular weight is 258 g/mol. The molecule has 2 rings (SSSR count). The van der Waals surface area contributed by atoms with E-state index >= 15 is 0 Å². The summed E-state index contributed by atoms with van der Waals surface area (Å²) in [5.74, 6) is 0. The third kappa shape index (κ3) is 2.00. The smallest absolute Gasteiger partial charge is 0.259 e. The second-order valence-corrected chi connectivity index (χ2v) is 6.75. The van der Waals surface area contributed by atoms with Gasteiger partial charge in [0.25, 0.3) is 10.0 Å². The fraction of sp³-hybridized carbons (Fsp3) is 0.636. The number of hydrogen-bond donors (Lipinski definition) is 2. The van der Waals surface area contributed by atoms with E-state index in [1.54, 1.807) is 26.1 Å². The molecule has 5 nitrogen and oxygen atoms in total. The first-order chi connectivity index (χ1) is 7.87. The predicted octanol–water partition coefficient (Wildman–Crippen LogP) is 0.939. The maximum absolute atomic E-state index is 12.4. The zero-order chi connectivity index (χ0) is 12.7. The van der Waals surface area contributed by atoms with Gasteiger partial charge in [-0.3, -0.25) is 0 Å². The van der Waals surface area contributed by atoms with E-state index in [9.17, 15) is 13.5 Å². The molecule has 6 heteroatoms. The first-order valence-corrected chi connectivity index (χ1v) is 7.15. The number of aromatic nitrogens is 1. The Morgan fingerprint density at radius 2 is 2.24 bits per heavy atom. The Labute approximate surface area is 102 Å². The number of sulfonamides is 1. The van der Waals surface area contributed by atoms with Crippen LogP contribution in [0.2, 0.25) is 0 Å². The van der Waals surface area contributed by atoms with Crippen molar-refractivity contribution in [3.8, 4) is 0 Å². The summed E-state index contributed by atoms with van der Waals surface area (Å²) in [7, 11) is -3.54. The molecule has 0 amide bonds. The van der Waals surface area contributed by atoms with Crippen LogP contribution in [-0.2, 0) is 10.0 Å². The Hall–Kier alpha value is -0.850. The lowest BCUT2D eigenvalue weighted by molar-refractivity contribution is 0.000124. The van der Waals surface area contributed by atoms with E-state index < -0.39 is 21.7 Å². The zero-order valence-corrected chi connectivity index (χ0v) is 10.9. The molecule has 1 aliphatic heterocycles.